The Labute approximate surface area is 135 Å². The van der Waals surface area contributed by atoms with Crippen LogP contribution in [-0.2, 0) is 10.1 Å². The van der Waals surface area contributed by atoms with Gasteiger partial charge in [0.05, 0.1) is 23.7 Å². The molecule has 9 nitrogen and oxygen atoms in total. The third kappa shape index (κ3) is 2.23. The van der Waals surface area contributed by atoms with Gasteiger partial charge in [-0.15, -0.1) is 0 Å². The molecule has 0 saturated carbocycles. The highest BCUT2D eigenvalue weighted by Gasteiger charge is 2.22. The Kier molecular flexibility index (Phi) is 3.39. The third-order valence-corrected chi connectivity index (χ3v) is 4.59. The lowest BCUT2D eigenvalue weighted by molar-refractivity contribution is 0.100. The maximum atomic E-state index is 12.3. The lowest BCUT2D eigenvalue weighted by Gasteiger charge is -2.06. The van der Waals surface area contributed by atoms with Crippen LogP contribution >= 0.6 is 0 Å². The number of methoxy groups -OCH3 is 1. The minimum atomic E-state index is -4.58. The van der Waals surface area contributed by atoms with Gasteiger partial charge in [0, 0.05) is 12.1 Å². The van der Waals surface area contributed by atoms with E-state index in [0.717, 1.165) is 10.5 Å². The molecule has 4 N–H and O–H groups in total. The van der Waals surface area contributed by atoms with Gasteiger partial charge in [0.25, 0.3) is 21.6 Å². The highest BCUT2D eigenvalue weighted by Crippen LogP contribution is 2.30. The summed E-state index contributed by atoms with van der Waals surface area (Å²) < 4.78 is 38.5. The zero-order valence-electron chi connectivity index (χ0n) is 12.7. The first kappa shape index (κ1) is 16.0. The number of aromatic nitrogens is 2. The first-order valence-electron chi connectivity index (χ1n) is 6.68. The Morgan fingerprint density at radius 2 is 2.00 bits per heavy atom. The van der Waals surface area contributed by atoms with Crippen molar-refractivity contribution in [1.82, 2.24) is 9.38 Å². The second kappa shape index (κ2) is 5.08. The number of nitrogens with two attached hydrogens (primary N) is 1. The van der Waals surface area contributed by atoms with Gasteiger partial charge in [-0.25, -0.2) is 0 Å². The van der Waals surface area contributed by atoms with E-state index in [-0.39, 0.29) is 22.5 Å². The van der Waals surface area contributed by atoms with Crippen molar-refractivity contribution in [2.75, 3.05) is 7.11 Å². The number of aromatic amines is 1. The normalized spacial score (nSPS) is 12.0. The summed E-state index contributed by atoms with van der Waals surface area (Å²) in [5.41, 5.74) is 6.02. The fourth-order valence-electron chi connectivity index (χ4n) is 2.72. The van der Waals surface area contributed by atoms with Crippen molar-refractivity contribution >= 4 is 32.7 Å². The molecule has 3 aromatic rings. The SMILES string of the molecule is COc1cc2[nH]c3c(C(N)=O)c(C)cc(=O)n3c2cc1S(=O)(=O)O. The number of H-pyrrole nitrogens is 1. The van der Waals surface area contributed by atoms with Crippen molar-refractivity contribution in [2.45, 2.75) is 11.8 Å². The van der Waals surface area contributed by atoms with Crippen LogP contribution < -0.4 is 16.0 Å². The monoisotopic (exact) mass is 351 g/mol. The molecule has 0 aliphatic rings. The number of aryl methyl sites for hydroxylation is 1. The molecule has 10 heteroatoms. The first-order chi connectivity index (χ1) is 11.1. The summed E-state index contributed by atoms with van der Waals surface area (Å²) >= 11 is 0. The van der Waals surface area contributed by atoms with E-state index >= 15 is 0 Å². The fraction of sp³-hybridized carbons (Fsp3) is 0.143. The topological polar surface area (TPSA) is 144 Å². The van der Waals surface area contributed by atoms with E-state index < -0.39 is 26.5 Å². The molecule has 0 atom stereocenters. The van der Waals surface area contributed by atoms with Gasteiger partial charge in [0.1, 0.15) is 16.3 Å². The van der Waals surface area contributed by atoms with Gasteiger partial charge in [-0.05, 0) is 18.6 Å². The van der Waals surface area contributed by atoms with Gasteiger partial charge < -0.3 is 15.5 Å². The van der Waals surface area contributed by atoms with E-state index in [0.29, 0.717) is 11.1 Å². The van der Waals surface area contributed by atoms with E-state index in [1.54, 1.807) is 6.92 Å². The van der Waals surface area contributed by atoms with Crippen LogP contribution in [0.25, 0.3) is 16.7 Å². The van der Waals surface area contributed by atoms with Crippen LogP contribution in [0.2, 0.25) is 0 Å². The molecule has 0 spiro atoms. The third-order valence-electron chi connectivity index (χ3n) is 3.72. The average Bonchev–Trinajstić information content (AvgIpc) is 2.82. The summed E-state index contributed by atoms with van der Waals surface area (Å²) in [6, 6.07) is 3.62. The number of hydrogen-bond acceptors (Lipinski definition) is 5. The number of ether oxygens (including phenoxy) is 1. The van der Waals surface area contributed by atoms with E-state index in [4.69, 9.17) is 10.5 Å². The lowest BCUT2D eigenvalue weighted by Crippen LogP contribution is -2.20. The molecule has 2 aromatic heterocycles. The molecule has 24 heavy (non-hydrogen) atoms. The maximum absolute atomic E-state index is 12.3. The number of pyridine rings is 1. The van der Waals surface area contributed by atoms with E-state index in [9.17, 15) is 22.6 Å². The molecule has 0 aliphatic carbocycles. The average molecular weight is 351 g/mol. The molecular formula is C14H13N3O6S. The molecule has 126 valence electrons. The number of carbonyl (C=O) groups excluding carboxylic acids is 1. The van der Waals surface area contributed by atoms with Crippen molar-refractivity contribution in [3.05, 3.63) is 39.7 Å². The molecule has 0 unspecified atom stereocenters. The van der Waals surface area contributed by atoms with E-state index in [2.05, 4.69) is 4.98 Å². The molecule has 0 bridgehead atoms. The zero-order chi connectivity index (χ0) is 17.8. The van der Waals surface area contributed by atoms with E-state index in [1.165, 1.54) is 19.2 Å². The Bertz CT molecular complexity index is 1170. The lowest BCUT2D eigenvalue weighted by atomic mass is 10.1. The number of primary amides is 1. The van der Waals surface area contributed by atoms with Crippen LogP contribution in [-0.4, -0.2) is 35.4 Å². The van der Waals surface area contributed by atoms with Crippen molar-refractivity contribution in [1.29, 1.82) is 0 Å². The van der Waals surface area contributed by atoms with Gasteiger partial charge >= 0.3 is 0 Å². The number of imidazole rings is 1. The van der Waals surface area contributed by atoms with Crippen LogP contribution in [0, 0.1) is 6.92 Å². The minimum absolute atomic E-state index is 0.109. The highest BCUT2D eigenvalue weighted by molar-refractivity contribution is 7.86. The molecule has 0 radical (unpaired) electrons. The number of amides is 1. The Morgan fingerprint density at radius 1 is 1.33 bits per heavy atom. The predicted molar refractivity (Wildman–Crippen MR) is 85.1 cm³/mol. The van der Waals surface area contributed by atoms with Crippen molar-refractivity contribution < 1.29 is 22.5 Å². The number of carbonyl (C=O) groups is 1. The fourth-order valence-corrected chi connectivity index (χ4v) is 3.38. The molecule has 0 aliphatic heterocycles. The summed E-state index contributed by atoms with van der Waals surface area (Å²) in [4.78, 5) is 26.4. The number of benzene rings is 1. The second-order valence-corrected chi connectivity index (χ2v) is 6.60. The zero-order valence-corrected chi connectivity index (χ0v) is 13.5. The van der Waals surface area contributed by atoms with Crippen LogP contribution in [0.3, 0.4) is 0 Å². The van der Waals surface area contributed by atoms with E-state index in [1.807, 2.05) is 0 Å². The minimum Gasteiger partial charge on any atom is -0.495 e. The molecule has 0 saturated heterocycles. The van der Waals surface area contributed by atoms with Gasteiger partial charge in [-0.2, -0.15) is 8.42 Å². The van der Waals surface area contributed by atoms with Crippen LogP contribution in [0.5, 0.6) is 5.75 Å². The summed E-state index contributed by atoms with van der Waals surface area (Å²) in [5.74, 6) is -0.847. The summed E-state index contributed by atoms with van der Waals surface area (Å²) in [5, 5.41) is 0. The molecule has 1 aromatic carbocycles. The molecular weight excluding hydrogens is 338 g/mol. The maximum Gasteiger partial charge on any atom is 0.298 e. The standard InChI is InChI=1S/C14H13N3O6S/c1-6-3-11(18)17-8-5-10(24(20,21)22)9(23-2)4-7(8)16-14(17)12(6)13(15)19/h3-5,16H,1-2H3,(H2,15,19)(H,20,21,22). The molecule has 3 rings (SSSR count). The van der Waals surface area contributed by atoms with Crippen LogP contribution in [0.4, 0.5) is 0 Å². The Hall–Kier alpha value is -2.85. The van der Waals surface area contributed by atoms with Crippen molar-refractivity contribution in [3.8, 4) is 5.75 Å². The molecule has 1 amide bonds. The van der Waals surface area contributed by atoms with Crippen molar-refractivity contribution in [3.63, 3.8) is 0 Å². The molecule has 2 heterocycles. The summed E-state index contributed by atoms with van der Waals surface area (Å²) in [6.45, 7) is 1.57. The Morgan fingerprint density at radius 3 is 2.54 bits per heavy atom. The van der Waals surface area contributed by atoms with Gasteiger partial charge in [0.15, 0.2) is 0 Å². The number of nitrogens with zero attached hydrogens (tertiary/aromatic N) is 1. The largest absolute Gasteiger partial charge is 0.495 e. The van der Waals surface area contributed by atoms with Gasteiger partial charge in [-0.1, -0.05) is 0 Å². The number of fused-ring (bicyclic) bond motifs is 3. The summed E-state index contributed by atoms with van der Waals surface area (Å²) in [7, 11) is -3.34. The Balaban J connectivity index is 2.60. The predicted octanol–water partition coefficient (Wildman–Crippen LogP) is 0.443. The first-order valence-corrected chi connectivity index (χ1v) is 8.12. The quantitative estimate of drug-likeness (QED) is 0.584. The van der Waals surface area contributed by atoms with Crippen LogP contribution in [0.15, 0.2) is 27.9 Å². The van der Waals surface area contributed by atoms with Gasteiger partial charge in [-0.3, -0.25) is 18.5 Å². The molecule has 0 fully saturated rings. The number of rotatable bonds is 3. The second-order valence-electron chi connectivity index (χ2n) is 5.21. The number of nitrogens with one attached hydrogen (secondary N) is 1. The highest BCUT2D eigenvalue weighted by atomic mass is 32.2. The van der Waals surface area contributed by atoms with Crippen molar-refractivity contribution in [2.24, 2.45) is 5.73 Å². The number of hydrogen-bond donors (Lipinski definition) is 3. The smallest absolute Gasteiger partial charge is 0.298 e. The van der Waals surface area contributed by atoms with Crippen LogP contribution in [0.1, 0.15) is 15.9 Å². The van der Waals surface area contributed by atoms with Gasteiger partial charge in [0.2, 0.25) is 0 Å². The summed E-state index contributed by atoms with van der Waals surface area (Å²) in [6.07, 6.45) is 0.